The van der Waals surface area contributed by atoms with Gasteiger partial charge in [-0.25, -0.2) is 35.2 Å². The van der Waals surface area contributed by atoms with Crippen molar-refractivity contribution in [1.29, 1.82) is 0 Å². The standard InChI is InChI=1S/C22H28N6O5S.C14H15N5O5S2.C9H17NO2/c1-3-32-21(29)15-7-9-16(10-8-15)24-22-23-12-11-19(25-22)28-17-5-4-6-18(20(17)26-27-28)33-13-14-34(2,30)31;1-25(20,21)9-8-24-11-5-3-4-10-13(11)17-18-19(10)12-6-7-15-14(16-12)26(2,22)23;1-2-12-9(11)7-3-5-8(10)6-4-7/h4-6,11-12,15-16H,3,7-10,13-14H2,1-2H3,(H,23,24,25);3-7H,8-9H2,1-2H3;7-8H,2-6,10H2,1H3. The molecule has 2 aromatic carbocycles. The zero-order valence-corrected chi connectivity index (χ0v) is 43.1. The van der Waals surface area contributed by atoms with Gasteiger partial charge in [0, 0.05) is 55.4 Å². The summed E-state index contributed by atoms with van der Waals surface area (Å²) in [6, 6.07) is 14.1. The molecule has 24 nitrogen and oxygen atoms in total. The van der Waals surface area contributed by atoms with E-state index < -0.39 is 29.5 Å². The van der Waals surface area contributed by atoms with Crippen molar-refractivity contribution in [3.05, 3.63) is 60.9 Å². The minimum Gasteiger partial charge on any atom is -0.490 e. The largest absolute Gasteiger partial charge is 0.490 e. The van der Waals surface area contributed by atoms with Crippen LogP contribution in [-0.2, 0) is 48.6 Å². The van der Waals surface area contributed by atoms with Crippen molar-refractivity contribution in [2.45, 2.75) is 82.5 Å². The predicted octanol–water partition coefficient (Wildman–Crippen LogP) is 3.27. The molecule has 2 saturated carbocycles. The van der Waals surface area contributed by atoms with Crippen LogP contribution in [0.5, 0.6) is 11.5 Å². The molecule has 27 heteroatoms. The van der Waals surface area contributed by atoms with Gasteiger partial charge in [0.05, 0.1) is 36.6 Å². The molecule has 0 spiro atoms. The fraction of sp³-hybridized carbons (Fsp3) is 0.511. The molecule has 0 radical (unpaired) electrons. The molecule has 0 unspecified atom stereocenters. The summed E-state index contributed by atoms with van der Waals surface area (Å²) in [7, 11) is -9.84. The Morgan fingerprint density at radius 2 is 1.10 bits per heavy atom. The number of benzene rings is 2. The Kier molecular flexibility index (Phi) is 18.9. The number of carbonyl (C=O) groups is 2. The number of fused-ring (bicyclic) bond motifs is 2. The molecule has 4 aromatic heterocycles. The molecule has 2 aliphatic rings. The third-order valence-electron chi connectivity index (χ3n) is 11.4. The molecular formula is C45H60N12O12S3. The third-order valence-corrected chi connectivity index (χ3v) is 14.1. The van der Waals surface area contributed by atoms with Crippen molar-refractivity contribution in [3.63, 3.8) is 0 Å². The maximum Gasteiger partial charge on any atom is 0.308 e. The lowest BCUT2D eigenvalue weighted by Gasteiger charge is -2.27. The van der Waals surface area contributed by atoms with Crippen LogP contribution < -0.4 is 20.5 Å². The topological polar surface area (TPSA) is 325 Å². The molecular weight excluding hydrogens is 997 g/mol. The van der Waals surface area contributed by atoms with Crippen molar-refractivity contribution in [2.75, 3.05) is 62.0 Å². The molecule has 0 amide bonds. The van der Waals surface area contributed by atoms with Crippen LogP contribution in [-0.4, -0.2) is 156 Å². The van der Waals surface area contributed by atoms with Gasteiger partial charge in [-0.3, -0.25) is 9.59 Å². The highest BCUT2D eigenvalue weighted by molar-refractivity contribution is 7.91. The van der Waals surface area contributed by atoms with Gasteiger partial charge >= 0.3 is 11.9 Å². The Balaban J connectivity index is 0.000000196. The molecule has 6 aromatic rings. The number of rotatable bonds is 17. The number of nitrogens with two attached hydrogens (primary N) is 1. The van der Waals surface area contributed by atoms with Crippen LogP contribution in [0.25, 0.3) is 33.7 Å². The van der Waals surface area contributed by atoms with Crippen LogP contribution in [0.1, 0.15) is 65.2 Å². The molecule has 2 aliphatic carbocycles. The van der Waals surface area contributed by atoms with E-state index in [0.717, 1.165) is 63.9 Å². The predicted molar refractivity (Wildman–Crippen MR) is 265 cm³/mol. The number of aromatic nitrogens is 10. The highest BCUT2D eigenvalue weighted by Gasteiger charge is 2.28. The second kappa shape index (κ2) is 24.8. The van der Waals surface area contributed by atoms with Crippen LogP contribution in [0.3, 0.4) is 0 Å². The zero-order valence-electron chi connectivity index (χ0n) is 40.7. The first-order chi connectivity index (χ1) is 34.2. The van der Waals surface area contributed by atoms with Gasteiger partial charge < -0.3 is 30.0 Å². The number of hydrogen-bond acceptors (Lipinski definition) is 22. The van der Waals surface area contributed by atoms with Gasteiger partial charge in [-0.1, -0.05) is 22.6 Å². The number of nitrogens with one attached hydrogen (secondary N) is 1. The van der Waals surface area contributed by atoms with Gasteiger partial charge in [0.25, 0.3) is 0 Å². The number of sulfone groups is 3. The summed E-state index contributed by atoms with van der Waals surface area (Å²) >= 11 is 0. The van der Waals surface area contributed by atoms with E-state index in [4.69, 9.17) is 24.7 Å². The summed E-state index contributed by atoms with van der Waals surface area (Å²) in [6.45, 7) is 4.57. The molecule has 4 heterocycles. The number of hydrogen-bond donors (Lipinski definition) is 2. The van der Waals surface area contributed by atoms with E-state index in [9.17, 15) is 34.8 Å². The first-order valence-electron chi connectivity index (χ1n) is 23.2. The Bertz CT molecular complexity index is 3140. The minimum absolute atomic E-state index is 0.0173. The first kappa shape index (κ1) is 54.9. The zero-order chi connectivity index (χ0) is 52.1. The second-order valence-electron chi connectivity index (χ2n) is 17.2. The van der Waals surface area contributed by atoms with Crippen molar-refractivity contribution in [3.8, 4) is 23.1 Å². The van der Waals surface area contributed by atoms with Gasteiger partial charge in [0.15, 0.2) is 42.3 Å². The average Bonchev–Trinajstić information content (AvgIpc) is 3.98. The summed E-state index contributed by atoms with van der Waals surface area (Å²) < 4.78 is 92.6. The molecule has 0 saturated heterocycles. The number of ether oxygens (including phenoxy) is 4. The molecule has 72 heavy (non-hydrogen) atoms. The summed E-state index contributed by atoms with van der Waals surface area (Å²) in [6.07, 6.45) is 13.2. The number of esters is 2. The molecule has 8 rings (SSSR count). The van der Waals surface area contributed by atoms with Crippen molar-refractivity contribution in [2.24, 2.45) is 17.6 Å². The maximum atomic E-state index is 12.0. The molecule has 3 N–H and O–H groups in total. The Hall–Kier alpha value is -6.45. The Morgan fingerprint density at radius 1 is 0.639 bits per heavy atom. The van der Waals surface area contributed by atoms with E-state index in [1.165, 1.54) is 23.2 Å². The van der Waals surface area contributed by atoms with E-state index in [0.29, 0.717) is 64.6 Å². The Labute approximate surface area is 417 Å². The summed E-state index contributed by atoms with van der Waals surface area (Å²) in [4.78, 5) is 39.9. The lowest BCUT2D eigenvalue weighted by molar-refractivity contribution is -0.150. The fourth-order valence-electron chi connectivity index (χ4n) is 7.71. The van der Waals surface area contributed by atoms with Gasteiger partial charge in [-0.15, -0.1) is 10.2 Å². The van der Waals surface area contributed by atoms with E-state index in [1.54, 1.807) is 47.3 Å². The number of carbonyl (C=O) groups excluding carboxylic acids is 2. The van der Waals surface area contributed by atoms with Crippen LogP contribution >= 0.6 is 0 Å². The quantitative estimate of drug-likeness (QED) is 0.0977. The summed E-state index contributed by atoms with van der Waals surface area (Å²) in [5.41, 5.74) is 7.84. The normalized spacial score (nSPS) is 18.2. The number of nitrogens with zero attached hydrogens (tertiary/aromatic N) is 10. The summed E-state index contributed by atoms with van der Waals surface area (Å²) in [5, 5.41) is 19.5. The lowest BCUT2D eigenvalue weighted by atomic mass is 9.86. The first-order valence-corrected chi connectivity index (χ1v) is 29.3. The van der Waals surface area contributed by atoms with Crippen LogP contribution in [0.4, 0.5) is 5.95 Å². The second-order valence-corrected chi connectivity index (χ2v) is 23.7. The van der Waals surface area contributed by atoms with Crippen LogP contribution in [0, 0.1) is 11.8 Å². The lowest BCUT2D eigenvalue weighted by Crippen LogP contribution is -2.30. The van der Waals surface area contributed by atoms with E-state index in [1.807, 2.05) is 19.9 Å². The van der Waals surface area contributed by atoms with Crippen molar-refractivity contribution in [1.82, 2.24) is 49.9 Å². The van der Waals surface area contributed by atoms with Gasteiger partial charge in [0.1, 0.15) is 35.7 Å². The highest BCUT2D eigenvalue weighted by atomic mass is 32.2. The van der Waals surface area contributed by atoms with Crippen LogP contribution in [0.2, 0.25) is 0 Å². The maximum absolute atomic E-state index is 12.0. The monoisotopic (exact) mass is 1060 g/mol. The molecule has 2 fully saturated rings. The van der Waals surface area contributed by atoms with E-state index in [2.05, 4.69) is 45.9 Å². The SMILES string of the molecule is CCOC(=O)C1CCC(N)CC1.CCOC(=O)C1CCC(Nc2nccc(-n3nnc4c(OCCS(C)(=O)=O)cccc43)n2)CC1.CS(=O)(=O)CCOc1cccc2c1nnn2-c1ccnc(S(C)(=O)=O)n1. The van der Waals surface area contributed by atoms with Gasteiger partial charge in [-0.05, 0) is 89.5 Å². The number of anilines is 1. The minimum atomic E-state index is -3.57. The highest BCUT2D eigenvalue weighted by Crippen LogP contribution is 2.29. The molecule has 0 aliphatic heterocycles. The third kappa shape index (κ3) is 15.8. The van der Waals surface area contributed by atoms with Gasteiger partial charge in [0.2, 0.25) is 20.9 Å². The van der Waals surface area contributed by atoms with Crippen molar-refractivity contribution >= 4 is 69.5 Å². The smallest absolute Gasteiger partial charge is 0.308 e. The molecule has 0 bridgehead atoms. The van der Waals surface area contributed by atoms with Gasteiger partial charge in [-0.2, -0.15) is 19.3 Å². The van der Waals surface area contributed by atoms with Crippen LogP contribution in [0.15, 0.2) is 66.1 Å². The fourth-order valence-corrected chi connectivity index (χ4v) is 9.00. The van der Waals surface area contributed by atoms with E-state index >= 15 is 0 Å². The summed E-state index contributed by atoms with van der Waals surface area (Å²) in [5.74, 6) is 1.78. The van der Waals surface area contributed by atoms with Crippen molar-refractivity contribution < 1.29 is 53.8 Å². The average molecular weight is 1060 g/mol. The molecule has 0 atom stereocenters. The molecule has 390 valence electrons. The van der Waals surface area contributed by atoms with E-state index in [-0.39, 0.29) is 65.5 Å². The Morgan fingerprint density at radius 3 is 1.56 bits per heavy atom.